The fraction of sp³-hybridized carbons (Fsp3) is 0.333. The number of ether oxygens (including phenoxy) is 1. The molecule has 1 atom stereocenters. The van der Waals surface area contributed by atoms with Crippen molar-refractivity contribution in [2.45, 2.75) is 19.4 Å². The molecule has 1 heterocycles. The Morgan fingerprint density at radius 2 is 2.25 bits per heavy atom. The molecule has 2 rings (SSSR count). The molecule has 0 aliphatic heterocycles. The highest BCUT2D eigenvalue weighted by Crippen LogP contribution is 2.23. The summed E-state index contributed by atoms with van der Waals surface area (Å²) in [4.78, 5) is 11.5. The Bertz CT molecular complexity index is 592. The lowest BCUT2D eigenvalue weighted by atomic mass is 10.00. The molecule has 5 heteroatoms. The van der Waals surface area contributed by atoms with Crippen LogP contribution in [0.3, 0.4) is 0 Å². The van der Waals surface area contributed by atoms with Crippen molar-refractivity contribution in [3.8, 4) is 11.1 Å². The first kappa shape index (κ1) is 14.3. The summed E-state index contributed by atoms with van der Waals surface area (Å²) in [6, 6.07) is 7.48. The van der Waals surface area contributed by atoms with Gasteiger partial charge in [-0.25, -0.2) is 0 Å². The predicted octanol–water partition coefficient (Wildman–Crippen LogP) is 2.04. The van der Waals surface area contributed by atoms with Gasteiger partial charge in [-0.3, -0.25) is 9.48 Å². The van der Waals surface area contributed by atoms with Crippen LogP contribution < -0.4 is 5.73 Å². The van der Waals surface area contributed by atoms with Crippen molar-refractivity contribution in [2.75, 3.05) is 6.61 Å². The average molecular weight is 273 g/mol. The molecule has 5 nitrogen and oxygen atoms in total. The minimum absolute atomic E-state index is 0.185. The Morgan fingerprint density at radius 1 is 1.45 bits per heavy atom. The van der Waals surface area contributed by atoms with Gasteiger partial charge in [0.2, 0.25) is 0 Å². The number of hydrogen-bond acceptors (Lipinski definition) is 4. The maximum absolute atomic E-state index is 11.5. The monoisotopic (exact) mass is 273 g/mol. The zero-order chi connectivity index (χ0) is 14.5. The second-order valence-electron chi connectivity index (χ2n) is 4.64. The Kier molecular flexibility index (Phi) is 4.53. The molecule has 20 heavy (non-hydrogen) atoms. The molecule has 0 aliphatic rings. The second kappa shape index (κ2) is 6.34. The predicted molar refractivity (Wildman–Crippen MR) is 76.8 cm³/mol. The van der Waals surface area contributed by atoms with Crippen LogP contribution in [0.2, 0.25) is 0 Å². The van der Waals surface area contributed by atoms with Gasteiger partial charge in [-0.15, -0.1) is 0 Å². The molecule has 0 spiro atoms. The van der Waals surface area contributed by atoms with Crippen molar-refractivity contribution in [3.05, 3.63) is 42.2 Å². The number of hydrogen-bond donors (Lipinski definition) is 1. The van der Waals surface area contributed by atoms with Gasteiger partial charge < -0.3 is 10.5 Å². The molecule has 1 aromatic carbocycles. The number of nitrogens with zero attached hydrogens (tertiary/aromatic N) is 2. The van der Waals surface area contributed by atoms with E-state index in [2.05, 4.69) is 5.10 Å². The number of benzene rings is 1. The minimum atomic E-state index is -0.356. The van der Waals surface area contributed by atoms with Crippen molar-refractivity contribution in [2.24, 2.45) is 12.8 Å². The third-order valence-electron chi connectivity index (χ3n) is 3.04. The maximum atomic E-state index is 11.5. The number of aromatic nitrogens is 2. The number of carbonyl (C=O) groups excluding carboxylic acids is 1. The topological polar surface area (TPSA) is 70.1 Å². The van der Waals surface area contributed by atoms with Gasteiger partial charge in [-0.2, -0.15) is 5.10 Å². The molecule has 2 aromatic rings. The normalized spacial score (nSPS) is 12.2. The Balaban J connectivity index is 2.15. The number of carbonyl (C=O) groups is 1. The molecule has 106 valence electrons. The Morgan fingerprint density at radius 3 is 2.90 bits per heavy atom. The summed E-state index contributed by atoms with van der Waals surface area (Å²) in [6.07, 6.45) is 3.93. The van der Waals surface area contributed by atoms with Gasteiger partial charge in [0.1, 0.15) is 0 Å². The van der Waals surface area contributed by atoms with E-state index in [9.17, 15) is 4.79 Å². The van der Waals surface area contributed by atoms with Gasteiger partial charge >= 0.3 is 5.97 Å². The van der Waals surface area contributed by atoms with Crippen LogP contribution in [0, 0.1) is 0 Å². The van der Waals surface area contributed by atoms with Crippen molar-refractivity contribution >= 4 is 5.97 Å². The van der Waals surface area contributed by atoms with Gasteiger partial charge in [0.15, 0.2) is 0 Å². The first-order chi connectivity index (χ1) is 9.60. The van der Waals surface area contributed by atoms with Crippen LogP contribution >= 0.6 is 0 Å². The van der Waals surface area contributed by atoms with Crippen LogP contribution in [0.5, 0.6) is 0 Å². The fourth-order valence-corrected chi connectivity index (χ4v) is 2.04. The number of aryl methyl sites for hydroxylation is 1. The van der Waals surface area contributed by atoms with Crippen molar-refractivity contribution in [3.63, 3.8) is 0 Å². The number of esters is 1. The van der Waals surface area contributed by atoms with E-state index < -0.39 is 0 Å². The smallest absolute Gasteiger partial charge is 0.307 e. The standard InChI is InChI=1S/C15H19N3O2/c1-3-20-15(19)8-14(16)12-6-4-5-11(7-12)13-9-17-18(2)10-13/h4-7,9-10,14H,3,8,16H2,1-2H3/t14-/m0/s1. The highest BCUT2D eigenvalue weighted by atomic mass is 16.5. The van der Waals surface area contributed by atoms with Crippen LogP contribution in [-0.2, 0) is 16.6 Å². The third-order valence-corrected chi connectivity index (χ3v) is 3.04. The van der Waals surface area contributed by atoms with Crippen LogP contribution in [0.15, 0.2) is 36.7 Å². The summed E-state index contributed by atoms with van der Waals surface area (Å²) in [5.74, 6) is -0.271. The summed E-state index contributed by atoms with van der Waals surface area (Å²) in [7, 11) is 1.87. The average Bonchev–Trinajstić information content (AvgIpc) is 2.86. The first-order valence-electron chi connectivity index (χ1n) is 6.60. The summed E-state index contributed by atoms with van der Waals surface area (Å²) >= 11 is 0. The number of rotatable bonds is 5. The van der Waals surface area contributed by atoms with E-state index in [0.717, 1.165) is 16.7 Å². The van der Waals surface area contributed by atoms with E-state index in [4.69, 9.17) is 10.5 Å². The quantitative estimate of drug-likeness (QED) is 0.846. The Labute approximate surface area is 118 Å². The maximum Gasteiger partial charge on any atom is 0.307 e. The summed E-state index contributed by atoms with van der Waals surface area (Å²) in [5.41, 5.74) is 9.04. The summed E-state index contributed by atoms with van der Waals surface area (Å²) in [5, 5.41) is 4.15. The molecule has 1 aromatic heterocycles. The van der Waals surface area contributed by atoms with E-state index in [1.165, 1.54) is 0 Å². The molecule has 0 aliphatic carbocycles. The number of nitrogens with two attached hydrogens (primary N) is 1. The van der Waals surface area contributed by atoms with Gasteiger partial charge in [0.05, 0.1) is 19.2 Å². The molecular weight excluding hydrogens is 254 g/mol. The molecule has 0 fully saturated rings. The molecule has 0 amide bonds. The SMILES string of the molecule is CCOC(=O)C[C@H](N)c1cccc(-c2cnn(C)c2)c1. The minimum Gasteiger partial charge on any atom is -0.466 e. The third kappa shape index (κ3) is 3.45. The molecule has 0 saturated carbocycles. The van der Waals surface area contributed by atoms with Gasteiger partial charge in [0, 0.05) is 24.8 Å². The Hall–Kier alpha value is -2.14. The summed E-state index contributed by atoms with van der Waals surface area (Å²) in [6.45, 7) is 2.16. The molecule has 0 unspecified atom stereocenters. The van der Waals surface area contributed by atoms with Crippen LogP contribution in [0.25, 0.3) is 11.1 Å². The lowest BCUT2D eigenvalue weighted by Gasteiger charge is -2.12. The van der Waals surface area contributed by atoms with Crippen molar-refractivity contribution < 1.29 is 9.53 Å². The second-order valence-corrected chi connectivity index (χ2v) is 4.64. The van der Waals surface area contributed by atoms with Crippen LogP contribution in [-0.4, -0.2) is 22.4 Å². The molecule has 0 radical (unpaired) electrons. The van der Waals surface area contributed by atoms with Crippen molar-refractivity contribution in [1.82, 2.24) is 9.78 Å². The fourth-order valence-electron chi connectivity index (χ4n) is 2.04. The zero-order valence-electron chi connectivity index (χ0n) is 11.7. The van der Waals surface area contributed by atoms with E-state index in [1.54, 1.807) is 17.8 Å². The lowest BCUT2D eigenvalue weighted by Crippen LogP contribution is -2.17. The van der Waals surface area contributed by atoms with E-state index in [1.807, 2.05) is 37.5 Å². The highest BCUT2D eigenvalue weighted by molar-refractivity contribution is 5.71. The first-order valence-corrected chi connectivity index (χ1v) is 6.60. The van der Waals surface area contributed by atoms with Crippen LogP contribution in [0.1, 0.15) is 24.9 Å². The summed E-state index contributed by atoms with van der Waals surface area (Å²) < 4.78 is 6.67. The van der Waals surface area contributed by atoms with Crippen LogP contribution in [0.4, 0.5) is 0 Å². The molecular formula is C15H19N3O2. The van der Waals surface area contributed by atoms with Gasteiger partial charge in [-0.1, -0.05) is 18.2 Å². The molecule has 2 N–H and O–H groups in total. The van der Waals surface area contributed by atoms with Crippen molar-refractivity contribution in [1.29, 1.82) is 0 Å². The van der Waals surface area contributed by atoms with Gasteiger partial charge in [-0.05, 0) is 24.1 Å². The van der Waals surface area contributed by atoms with Gasteiger partial charge in [0.25, 0.3) is 0 Å². The lowest BCUT2D eigenvalue weighted by molar-refractivity contribution is -0.143. The largest absolute Gasteiger partial charge is 0.466 e. The van der Waals surface area contributed by atoms with E-state index in [0.29, 0.717) is 6.61 Å². The molecule has 0 saturated heterocycles. The highest BCUT2D eigenvalue weighted by Gasteiger charge is 2.13. The van der Waals surface area contributed by atoms with E-state index in [-0.39, 0.29) is 18.4 Å². The molecule has 0 bridgehead atoms. The zero-order valence-corrected chi connectivity index (χ0v) is 11.7. The van der Waals surface area contributed by atoms with E-state index >= 15 is 0 Å².